The first-order chi connectivity index (χ1) is 9.04. The van der Waals surface area contributed by atoms with Crippen molar-refractivity contribution >= 4 is 41.5 Å². The van der Waals surface area contributed by atoms with Crippen LogP contribution < -0.4 is 15.4 Å². The van der Waals surface area contributed by atoms with Crippen LogP contribution in [0.3, 0.4) is 0 Å². The molecule has 0 fully saturated rings. The first-order valence-electron chi connectivity index (χ1n) is 6.05. The fourth-order valence-corrected chi connectivity index (χ4v) is 1.65. The smallest absolute Gasteiger partial charge is 0.223 e. The maximum Gasteiger partial charge on any atom is 0.223 e. The van der Waals surface area contributed by atoms with E-state index in [4.69, 9.17) is 27.9 Å². The summed E-state index contributed by atoms with van der Waals surface area (Å²) in [4.78, 5) is 11.5. The van der Waals surface area contributed by atoms with E-state index >= 15 is 0 Å². The van der Waals surface area contributed by atoms with Crippen LogP contribution in [0.5, 0.6) is 5.75 Å². The van der Waals surface area contributed by atoms with Crippen LogP contribution in [0.4, 0.5) is 0 Å². The molecule has 0 aliphatic carbocycles. The number of likely N-dealkylation sites (N-methyl/N-ethyl adjacent to an activating group) is 1. The SMILES string of the molecule is CNC(C)CNC(=O)CCOc1cccc(Cl)c1Cl.Cl. The summed E-state index contributed by atoms with van der Waals surface area (Å²) < 4.78 is 5.43. The van der Waals surface area contributed by atoms with Crippen LogP contribution in [0.25, 0.3) is 0 Å². The molecular weight excluding hydrogens is 323 g/mol. The predicted molar refractivity (Wildman–Crippen MR) is 85.4 cm³/mol. The average molecular weight is 342 g/mol. The van der Waals surface area contributed by atoms with Gasteiger partial charge in [-0.25, -0.2) is 0 Å². The number of carbonyl (C=O) groups excluding carboxylic acids is 1. The minimum atomic E-state index is -0.0553. The molecule has 0 spiro atoms. The summed E-state index contributed by atoms with van der Waals surface area (Å²) in [6, 6.07) is 5.39. The molecule has 1 rings (SSSR count). The second kappa shape index (κ2) is 10.1. The number of rotatable bonds is 7. The molecule has 0 bridgehead atoms. The highest BCUT2D eigenvalue weighted by Crippen LogP contribution is 2.31. The Morgan fingerprint density at radius 2 is 2.10 bits per heavy atom. The normalized spacial score (nSPS) is 11.4. The third kappa shape index (κ3) is 6.66. The molecule has 1 atom stereocenters. The van der Waals surface area contributed by atoms with Crippen molar-refractivity contribution in [2.24, 2.45) is 0 Å². The molecule has 0 heterocycles. The van der Waals surface area contributed by atoms with E-state index in [0.717, 1.165) is 0 Å². The fourth-order valence-electron chi connectivity index (χ4n) is 1.31. The molecular formula is C13H19Cl3N2O2. The zero-order valence-electron chi connectivity index (χ0n) is 11.4. The minimum absolute atomic E-state index is 0. The summed E-state index contributed by atoms with van der Waals surface area (Å²) >= 11 is 11.8. The molecule has 114 valence electrons. The van der Waals surface area contributed by atoms with Crippen molar-refractivity contribution in [1.29, 1.82) is 0 Å². The predicted octanol–water partition coefficient (Wildman–Crippen LogP) is 2.91. The number of hydrogen-bond donors (Lipinski definition) is 2. The molecule has 0 aromatic heterocycles. The molecule has 0 aliphatic rings. The number of ether oxygens (including phenoxy) is 1. The van der Waals surface area contributed by atoms with Crippen LogP contribution >= 0.6 is 35.6 Å². The molecule has 1 aromatic carbocycles. The molecule has 1 aromatic rings. The number of benzene rings is 1. The second-order valence-corrected chi connectivity index (χ2v) is 4.93. The van der Waals surface area contributed by atoms with Gasteiger partial charge in [0.25, 0.3) is 0 Å². The standard InChI is InChI=1S/C13H18Cl2N2O2.ClH/c1-9(16-2)8-17-12(18)6-7-19-11-5-3-4-10(14)13(11)15;/h3-5,9,16H,6-8H2,1-2H3,(H,17,18);1H. The Kier molecular flexibility index (Phi) is 9.76. The highest BCUT2D eigenvalue weighted by Gasteiger charge is 2.07. The van der Waals surface area contributed by atoms with Crippen molar-refractivity contribution in [2.45, 2.75) is 19.4 Å². The molecule has 1 amide bonds. The number of carbonyl (C=O) groups is 1. The molecule has 1 unspecified atom stereocenters. The van der Waals surface area contributed by atoms with E-state index in [1.165, 1.54) is 0 Å². The quantitative estimate of drug-likeness (QED) is 0.802. The maximum atomic E-state index is 11.5. The van der Waals surface area contributed by atoms with E-state index in [2.05, 4.69) is 10.6 Å². The third-order valence-corrected chi connectivity index (χ3v) is 3.40. The molecule has 7 heteroatoms. The summed E-state index contributed by atoms with van der Waals surface area (Å²) in [5.74, 6) is 0.436. The summed E-state index contributed by atoms with van der Waals surface area (Å²) in [7, 11) is 1.85. The summed E-state index contributed by atoms with van der Waals surface area (Å²) in [6.07, 6.45) is 0.277. The van der Waals surface area contributed by atoms with E-state index in [1.807, 2.05) is 14.0 Å². The molecule has 0 aliphatic heterocycles. The Hall–Kier alpha value is -0.680. The Labute approximate surface area is 135 Å². The van der Waals surface area contributed by atoms with Gasteiger partial charge < -0.3 is 15.4 Å². The van der Waals surface area contributed by atoms with Crippen LogP contribution in [-0.4, -0.2) is 32.1 Å². The number of nitrogens with one attached hydrogen (secondary N) is 2. The van der Waals surface area contributed by atoms with E-state index in [9.17, 15) is 4.79 Å². The van der Waals surface area contributed by atoms with Gasteiger partial charge in [0.1, 0.15) is 10.8 Å². The van der Waals surface area contributed by atoms with Crippen molar-refractivity contribution in [2.75, 3.05) is 20.2 Å². The van der Waals surface area contributed by atoms with Gasteiger partial charge in [0.05, 0.1) is 18.1 Å². The monoisotopic (exact) mass is 340 g/mol. The van der Waals surface area contributed by atoms with Crippen molar-refractivity contribution in [3.63, 3.8) is 0 Å². The summed E-state index contributed by atoms with van der Waals surface area (Å²) in [5, 5.41) is 6.65. The number of halogens is 3. The van der Waals surface area contributed by atoms with Gasteiger partial charge in [-0.3, -0.25) is 4.79 Å². The topological polar surface area (TPSA) is 50.4 Å². The largest absolute Gasteiger partial charge is 0.491 e. The van der Waals surface area contributed by atoms with Crippen LogP contribution in [-0.2, 0) is 4.79 Å². The first-order valence-corrected chi connectivity index (χ1v) is 6.81. The molecule has 0 saturated heterocycles. The lowest BCUT2D eigenvalue weighted by Gasteiger charge is -2.12. The second-order valence-electron chi connectivity index (χ2n) is 4.14. The molecule has 0 saturated carbocycles. The van der Waals surface area contributed by atoms with E-state index in [0.29, 0.717) is 22.3 Å². The average Bonchev–Trinajstić information content (AvgIpc) is 2.40. The summed E-state index contributed by atoms with van der Waals surface area (Å²) in [6.45, 7) is 2.84. The van der Waals surface area contributed by atoms with Crippen LogP contribution in [0.15, 0.2) is 18.2 Å². The van der Waals surface area contributed by atoms with Gasteiger partial charge in [0.2, 0.25) is 5.91 Å². The van der Waals surface area contributed by atoms with Crippen LogP contribution in [0.2, 0.25) is 10.0 Å². The summed E-state index contributed by atoms with van der Waals surface area (Å²) in [5.41, 5.74) is 0. The van der Waals surface area contributed by atoms with Crippen molar-refractivity contribution in [3.05, 3.63) is 28.2 Å². The Morgan fingerprint density at radius 1 is 1.40 bits per heavy atom. The fraction of sp³-hybridized carbons (Fsp3) is 0.462. The Balaban J connectivity index is 0.00000361. The zero-order chi connectivity index (χ0) is 14.3. The highest BCUT2D eigenvalue weighted by atomic mass is 35.5. The first kappa shape index (κ1) is 19.3. The van der Waals surface area contributed by atoms with Crippen molar-refractivity contribution in [1.82, 2.24) is 10.6 Å². The Bertz CT molecular complexity index is 430. The lowest BCUT2D eigenvalue weighted by atomic mass is 10.3. The van der Waals surface area contributed by atoms with Crippen molar-refractivity contribution in [3.8, 4) is 5.75 Å². The number of amides is 1. The third-order valence-electron chi connectivity index (χ3n) is 2.60. The lowest BCUT2D eigenvalue weighted by molar-refractivity contribution is -0.121. The van der Waals surface area contributed by atoms with Crippen LogP contribution in [0, 0.1) is 0 Å². The van der Waals surface area contributed by atoms with E-state index in [-0.39, 0.29) is 37.4 Å². The minimum Gasteiger partial charge on any atom is -0.491 e. The molecule has 0 radical (unpaired) electrons. The van der Waals surface area contributed by atoms with Crippen LogP contribution in [0.1, 0.15) is 13.3 Å². The number of hydrogen-bond acceptors (Lipinski definition) is 3. The Morgan fingerprint density at radius 3 is 2.75 bits per heavy atom. The zero-order valence-corrected chi connectivity index (χ0v) is 13.7. The van der Waals surface area contributed by atoms with Gasteiger partial charge in [-0.15, -0.1) is 12.4 Å². The van der Waals surface area contributed by atoms with Gasteiger partial charge >= 0.3 is 0 Å². The molecule has 2 N–H and O–H groups in total. The highest BCUT2D eigenvalue weighted by molar-refractivity contribution is 6.42. The van der Waals surface area contributed by atoms with Gasteiger partial charge in [0, 0.05) is 12.6 Å². The maximum absolute atomic E-state index is 11.5. The van der Waals surface area contributed by atoms with Gasteiger partial charge in [-0.2, -0.15) is 0 Å². The van der Waals surface area contributed by atoms with Gasteiger partial charge in [-0.1, -0.05) is 29.3 Å². The van der Waals surface area contributed by atoms with E-state index in [1.54, 1.807) is 18.2 Å². The molecule has 4 nitrogen and oxygen atoms in total. The van der Waals surface area contributed by atoms with E-state index < -0.39 is 0 Å². The van der Waals surface area contributed by atoms with Gasteiger partial charge in [0.15, 0.2) is 0 Å². The lowest BCUT2D eigenvalue weighted by Crippen LogP contribution is -2.37. The molecule has 20 heavy (non-hydrogen) atoms. The van der Waals surface area contributed by atoms with Crippen molar-refractivity contribution < 1.29 is 9.53 Å². The van der Waals surface area contributed by atoms with Gasteiger partial charge in [-0.05, 0) is 26.1 Å².